The number of aromatic amines is 9. The molecule has 720 valence electrons. The Kier molecular flexibility index (Phi) is 39.6. The SMILES string of the molecule is Cc1cc(CN(C)c2n[nH]c(N)n2)cs1.Cc1cc(CNc2n[nH]c(N)n2)cs1.Cc1cc(CNc2nc(N(C)C)n[nH]2)cs1.Cc1cscc1CN(C)c1n[nH]c(N)n1.Cc1cscc1CNc1n[nH]c(N)n1.Cc1cscc1CNc1nc(N(C)C)n[nH]1.Cc1sccc1CN(C)c1n[nH]c(N)n1.Cc1sccc1CNc1n[nH]c(N)n1.Cc1sccc1CNc1nc(N(C)C)n[nH]1. The molecule has 0 bridgehead atoms. The molecule has 0 saturated heterocycles. The summed E-state index contributed by atoms with van der Waals surface area (Å²) in [7, 11) is 17.3. The molecule has 0 saturated carbocycles. The number of nitrogens with one attached hydrogen (secondary N) is 15. The third kappa shape index (κ3) is 34.5. The zero-order valence-corrected chi connectivity index (χ0v) is 85.5. The lowest BCUT2D eigenvalue weighted by molar-refractivity contribution is 0.869. The Hall–Kier alpha value is -14.0. The molecule has 0 amide bonds. The highest BCUT2D eigenvalue weighted by Crippen LogP contribution is 2.25. The van der Waals surface area contributed by atoms with Crippen molar-refractivity contribution in [1.29, 1.82) is 0 Å². The molecule has 27 N–H and O–H groups in total. The van der Waals surface area contributed by atoms with E-state index < -0.39 is 0 Å². The van der Waals surface area contributed by atoms with E-state index in [1.807, 2.05) is 92.8 Å². The third-order valence-electron chi connectivity index (χ3n) is 18.7. The van der Waals surface area contributed by atoms with Crippen LogP contribution in [0.2, 0.25) is 0 Å². The maximum Gasteiger partial charge on any atom is 0.246 e. The molecule has 18 heterocycles. The molecular formula is C81H117N45S9. The van der Waals surface area contributed by atoms with E-state index in [9.17, 15) is 0 Å². The Bertz CT molecular complexity index is 6070. The van der Waals surface area contributed by atoms with E-state index in [-0.39, 0.29) is 0 Å². The van der Waals surface area contributed by atoms with Gasteiger partial charge in [-0.25, -0.2) is 45.9 Å². The second-order valence-electron chi connectivity index (χ2n) is 30.5. The number of nitrogen functional groups attached to an aromatic ring is 6. The molecule has 0 aromatic carbocycles. The molecule has 0 spiro atoms. The molecule has 18 rings (SSSR count). The summed E-state index contributed by atoms with van der Waals surface area (Å²) in [4.78, 5) is 56.2. The van der Waals surface area contributed by atoms with Crippen LogP contribution in [0.5, 0.6) is 0 Å². The van der Waals surface area contributed by atoms with Crippen LogP contribution in [0.3, 0.4) is 0 Å². The molecule has 0 unspecified atom stereocenters. The van der Waals surface area contributed by atoms with Gasteiger partial charge in [0, 0.05) is 152 Å². The highest BCUT2D eigenvalue weighted by Gasteiger charge is 2.16. The lowest BCUT2D eigenvalue weighted by atomic mass is 10.2. The van der Waals surface area contributed by atoms with E-state index >= 15 is 0 Å². The van der Waals surface area contributed by atoms with Gasteiger partial charge >= 0.3 is 0 Å². The number of aromatic nitrogens is 27. The number of hydrogen-bond donors (Lipinski definition) is 21. The Labute approximate surface area is 817 Å². The van der Waals surface area contributed by atoms with Crippen molar-refractivity contribution in [3.05, 3.63) is 197 Å². The first kappa shape index (κ1) is 103. The number of hydrogen-bond acceptors (Lipinski definition) is 45. The Morgan fingerprint density at radius 2 is 0.548 bits per heavy atom. The molecule has 0 atom stereocenters. The lowest BCUT2D eigenvalue weighted by Gasteiger charge is -2.13. The molecular weight excluding hydrogens is 1890 g/mol. The fraction of sp³-hybridized carbons (Fsp3) is 0.333. The summed E-state index contributed by atoms with van der Waals surface area (Å²) in [6.07, 6.45) is 0. The number of anilines is 18. The van der Waals surface area contributed by atoms with Crippen LogP contribution in [0, 0.1) is 62.3 Å². The first-order valence-corrected chi connectivity index (χ1v) is 49.5. The van der Waals surface area contributed by atoms with Gasteiger partial charge in [-0.05, 0) is 230 Å². The van der Waals surface area contributed by atoms with Gasteiger partial charge in [0.15, 0.2) is 0 Å². The van der Waals surface area contributed by atoms with E-state index in [0.29, 0.717) is 107 Å². The molecule has 135 heavy (non-hydrogen) atoms. The average molecular weight is 2010 g/mol. The van der Waals surface area contributed by atoms with Crippen molar-refractivity contribution in [2.24, 2.45) is 0 Å². The van der Waals surface area contributed by atoms with Crippen molar-refractivity contribution in [2.75, 3.05) is 159 Å². The maximum absolute atomic E-state index is 5.47. The molecule has 54 heteroatoms. The van der Waals surface area contributed by atoms with E-state index in [1.54, 1.807) is 102 Å². The summed E-state index contributed by atoms with van der Waals surface area (Å²) < 4.78 is 0. The van der Waals surface area contributed by atoms with Crippen molar-refractivity contribution in [3.63, 3.8) is 0 Å². The molecule has 18 aromatic heterocycles. The predicted molar refractivity (Wildman–Crippen MR) is 559 cm³/mol. The van der Waals surface area contributed by atoms with Crippen molar-refractivity contribution in [2.45, 2.75) is 121 Å². The third-order valence-corrected chi connectivity index (χ3v) is 26.8. The summed E-state index contributed by atoms with van der Waals surface area (Å²) in [6, 6.07) is 12.8. The molecule has 18 aromatic rings. The summed E-state index contributed by atoms with van der Waals surface area (Å²) in [6.45, 7) is 25.8. The first-order chi connectivity index (χ1) is 64.7. The van der Waals surface area contributed by atoms with E-state index in [1.165, 1.54) is 96.0 Å². The Balaban J connectivity index is 0.000000157. The highest BCUT2D eigenvalue weighted by atomic mass is 32.1. The van der Waals surface area contributed by atoms with Crippen molar-refractivity contribution in [3.8, 4) is 0 Å². The van der Waals surface area contributed by atoms with Crippen LogP contribution in [0.4, 0.5) is 107 Å². The van der Waals surface area contributed by atoms with Crippen LogP contribution >= 0.6 is 102 Å². The van der Waals surface area contributed by atoms with E-state index in [0.717, 1.165) is 58.9 Å². The van der Waals surface area contributed by atoms with Gasteiger partial charge < -0.3 is 95.7 Å². The van der Waals surface area contributed by atoms with Crippen LogP contribution in [-0.4, -0.2) is 200 Å². The molecule has 0 fully saturated rings. The monoisotopic (exact) mass is 2010 g/mol. The van der Waals surface area contributed by atoms with Gasteiger partial charge in [-0.3, -0.25) is 0 Å². The summed E-state index contributed by atoms with van der Waals surface area (Å²) in [5.41, 5.74) is 47.9. The second kappa shape index (κ2) is 51.8. The number of nitrogens with zero attached hydrogens (tertiary/aromatic N) is 24. The van der Waals surface area contributed by atoms with Gasteiger partial charge in [0.1, 0.15) is 0 Å². The Morgan fingerprint density at radius 3 is 0.844 bits per heavy atom. The van der Waals surface area contributed by atoms with Crippen LogP contribution in [0.1, 0.15) is 96.0 Å². The van der Waals surface area contributed by atoms with Gasteiger partial charge in [-0.15, -0.1) is 114 Å². The van der Waals surface area contributed by atoms with Crippen LogP contribution in [0.25, 0.3) is 0 Å². The maximum atomic E-state index is 5.47. The van der Waals surface area contributed by atoms with Crippen molar-refractivity contribution < 1.29 is 0 Å². The fourth-order valence-electron chi connectivity index (χ4n) is 11.2. The molecule has 0 aliphatic rings. The largest absolute Gasteiger partial charge is 0.368 e. The first-order valence-electron chi connectivity index (χ1n) is 41.4. The Morgan fingerprint density at radius 1 is 0.267 bits per heavy atom. The predicted octanol–water partition coefficient (Wildman–Crippen LogP) is 13.8. The van der Waals surface area contributed by atoms with Crippen LogP contribution in [0.15, 0.2) is 101 Å². The van der Waals surface area contributed by atoms with Crippen molar-refractivity contribution >= 4 is 209 Å². The van der Waals surface area contributed by atoms with E-state index in [4.69, 9.17) is 34.4 Å². The quantitative estimate of drug-likeness (QED) is 0.0199. The minimum Gasteiger partial charge on any atom is -0.368 e. The molecule has 45 nitrogen and oxygen atoms in total. The minimum atomic E-state index is 0.328. The zero-order chi connectivity index (χ0) is 97.0. The number of nitrogens with two attached hydrogens (primary N) is 6. The van der Waals surface area contributed by atoms with Crippen LogP contribution in [-0.2, 0) is 58.9 Å². The van der Waals surface area contributed by atoms with Gasteiger partial charge in [0.05, 0.1) is 0 Å². The fourth-order valence-corrected chi connectivity index (χ4v) is 18.1. The number of H-pyrrole nitrogens is 9. The summed E-state index contributed by atoms with van der Waals surface area (Å²) in [5, 5.41) is 104. The molecule has 0 aliphatic heterocycles. The highest BCUT2D eigenvalue weighted by molar-refractivity contribution is 7.11. The van der Waals surface area contributed by atoms with Gasteiger partial charge in [-0.2, -0.15) is 78.9 Å². The summed E-state index contributed by atoms with van der Waals surface area (Å²) in [5.74, 6) is 9.66. The topological polar surface area (TPSA) is 622 Å². The lowest BCUT2D eigenvalue weighted by Crippen LogP contribution is -2.17. The normalized spacial score (nSPS) is 10.4. The molecule has 0 aliphatic carbocycles. The second-order valence-corrected chi connectivity index (χ2v) is 39.4. The van der Waals surface area contributed by atoms with Gasteiger partial charge in [0.25, 0.3) is 0 Å². The number of thiophene rings is 9. The minimum absolute atomic E-state index is 0.328. The number of rotatable bonds is 30. The number of aryl methyl sites for hydroxylation is 9. The molecule has 0 radical (unpaired) electrons. The van der Waals surface area contributed by atoms with Gasteiger partial charge in [-0.1, -0.05) is 0 Å². The zero-order valence-electron chi connectivity index (χ0n) is 78.1. The standard InChI is InChI=1S/3C10H15N5S.3C9H13N5S.3C8H11N5S/c1-7-5-16-6-8(7)4-11-9-12-10(14-13-9)15(2)3;1-7-4-8(6-16-7)5-11-9-12-10(14-13-9)15(2)3;1-7-8(4-5-16-7)6-11-9-12-10(14-13-9)15(2)3;1-6-4-15-5-7(6)3-14(2)9-11-8(10)12-13-9;1-6-3-7(5-15-6)4-14(2)9-11-8(10)12-13-9;1-6-7(3-4-15-6)5-14(2)9-11-8(10)12-13-9;1-5-3-14-4-6(5)2-10-8-11-7(9)12-13-8;1-5-2-6(4-14-5)3-10-8-11-7(9)12-13-8;1-5-6(2-3-14-5)4-10-8-11-7(9)12-13-8/h5-6H,4H2,1-3H3,(H2,11,12,13,14);4,6H,5H2,1-3H3,(H2,11,12,13,14);4-5H,6H2,1-3H3,(H2,11,12,13,14);4-5H,3H2,1-2H3,(H3,10,11,12,13);3,5H,4H2,1-2H3,(H3,10,11,12,13);3-4H,5H2,1-2H3,(H3,10,11,12,13);3-4H,2H2,1H3,(H4,9,10,11,12,13);2,4H,3H2,1H3,(H4,9,10,11,12,13);2-3H,4H2,1H3,(H4,9,10,11,12,13). The van der Waals surface area contributed by atoms with Gasteiger partial charge in [0.2, 0.25) is 107 Å². The smallest absolute Gasteiger partial charge is 0.246 e. The van der Waals surface area contributed by atoms with Crippen molar-refractivity contribution in [1.82, 2.24) is 137 Å². The van der Waals surface area contributed by atoms with Crippen LogP contribution < -0.4 is 95.7 Å². The van der Waals surface area contributed by atoms with E-state index in [2.05, 4.69) is 332 Å². The summed E-state index contributed by atoms with van der Waals surface area (Å²) >= 11 is 15.6. The average Bonchev–Trinajstić information content (AvgIpc) is 1.65.